The molecule has 0 saturated carbocycles. The highest BCUT2D eigenvalue weighted by Crippen LogP contribution is 2.21. The Labute approximate surface area is 109 Å². The van der Waals surface area contributed by atoms with Crippen LogP contribution in [0.15, 0.2) is 6.07 Å². The lowest BCUT2D eigenvalue weighted by Gasteiger charge is -2.22. The number of hydrogen-bond donors (Lipinski definition) is 2. The third-order valence-corrected chi connectivity index (χ3v) is 3.21. The Kier molecular flexibility index (Phi) is 3.50. The summed E-state index contributed by atoms with van der Waals surface area (Å²) in [4.78, 5) is 32.7. The number of anilines is 2. The molecule has 1 aliphatic heterocycles. The van der Waals surface area contributed by atoms with Gasteiger partial charge in [-0.1, -0.05) is 0 Å². The number of aldehydes is 1. The van der Waals surface area contributed by atoms with Gasteiger partial charge in [0.15, 0.2) is 6.29 Å². The van der Waals surface area contributed by atoms with Gasteiger partial charge in [-0.05, 0) is 6.42 Å². The van der Waals surface area contributed by atoms with Crippen molar-refractivity contribution in [3.8, 4) is 0 Å². The van der Waals surface area contributed by atoms with Crippen LogP contribution in [0.3, 0.4) is 0 Å². The molecule has 0 aromatic carbocycles. The summed E-state index contributed by atoms with van der Waals surface area (Å²) < 4.78 is 0. The molecule has 1 aliphatic rings. The molecule has 0 radical (unpaired) electrons. The van der Waals surface area contributed by atoms with Gasteiger partial charge in [0.05, 0.1) is 6.04 Å². The third kappa shape index (κ3) is 2.72. The van der Waals surface area contributed by atoms with Gasteiger partial charge in [0.2, 0.25) is 5.95 Å². The highest BCUT2D eigenvalue weighted by molar-refractivity contribution is 5.74. The number of aromatic nitrogens is 2. The Morgan fingerprint density at radius 1 is 1.63 bits per heavy atom. The van der Waals surface area contributed by atoms with Crippen molar-refractivity contribution in [2.75, 3.05) is 30.8 Å². The third-order valence-electron chi connectivity index (χ3n) is 3.21. The molecule has 1 amide bonds. The Hall–Kier alpha value is -2.38. The summed E-state index contributed by atoms with van der Waals surface area (Å²) in [5.41, 5.74) is 5.75. The lowest BCUT2D eigenvalue weighted by atomic mass is 10.2. The van der Waals surface area contributed by atoms with Gasteiger partial charge in [-0.25, -0.2) is 9.78 Å². The van der Waals surface area contributed by atoms with E-state index in [1.165, 1.54) is 4.90 Å². The van der Waals surface area contributed by atoms with E-state index in [0.29, 0.717) is 31.6 Å². The van der Waals surface area contributed by atoms with E-state index < -0.39 is 6.09 Å². The monoisotopic (exact) mass is 265 g/mol. The Morgan fingerprint density at radius 2 is 2.37 bits per heavy atom. The summed E-state index contributed by atoms with van der Waals surface area (Å²) in [5.74, 6) is 0.588. The van der Waals surface area contributed by atoms with E-state index in [-0.39, 0.29) is 17.7 Å². The Morgan fingerprint density at radius 3 is 3.00 bits per heavy atom. The summed E-state index contributed by atoms with van der Waals surface area (Å²) >= 11 is 0. The summed E-state index contributed by atoms with van der Waals surface area (Å²) in [6.45, 7) is 1.19. The van der Waals surface area contributed by atoms with E-state index in [0.717, 1.165) is 0 Å². The van der Waals surface area contributed by atoms with Gasteiger partial charge in [0.25, 0.3) is 0 Å². The van der Waals surface area contributed by atoms with Crippen molar-refractivity contribution >= 4 is 24.1 Å². The molecule has 19 heavy (non-hydrogen) atoms. The molecule has 0 bridgehead atoms. The molecular weight excluding hydrogens is 250 g/mol. The quantitative estimate of drug-likeness (QED) is 0.743. The number of carbonyl (C=O) groups excluding carboxylic acids is 1. The molecule has 0 spiro atoms. The number of hydrogen-bond acceptors (Lipinski definition) is 6. The molecule has 1 atom stereocenters. The van der Waals surface area contributed by atoms with E-state index >= 15 is 0 Å². The van der Waals surface area contributed by atoms with Gasteiger partial charge >= 0.3 is 6.09 Å². The van der Waals surface area contributed by atoms with E-state index in [2.05, 4.69) is 9.97 Å². The maximum absolute atomic E-state index is 10.9. The molecule has 1 fully saturated rings. The highest BCUT2D eigenvalue weighted by atomic mass is 16.4. The molecule has 3 N–H and O–H groups in total. The minimum absolute atomic E-state index is 0.0367. The number of nitrogens with zero attached hydrogens (tertiary/aromatic N) is 4. The first-order valence-electron chi connectivity index (χ1n) is 5.81. The van der Waals surface area contributed by atoms with Crippen LogP contribution in [0.5, 0.6) is 0 Å². The van der Waals surface area contributed by atoms with Gasteiger partial charge in [0, 0.05) is 26.2 Å². The predicted molar refractivity (Wildman–Crippen MR) is 68.2 cm³/mol. The fraction of sp³-hybridized carbons (Fsp3) is 0.455. The van der Waals surface area contributed by atoms with Crippen molar-refractivity contribution in [3.05, 3.63) is 11.8 Å². The molecule has 8 heteroatoms. The summed E-state index contributed by atoms with van der Waals surface area (Å²) in [7, 11) is 1.54. The van der Waals surface area contributed by atoms with Crippen LogP contribution >= 0.6 is 0 Å². The van der Waals surface area contributed by atoms with Crippen molar-refractivity contribution in [1.29, 1.82) is 0 Å². The molecular formula is C11H15N5O3. The largest absolute Gasteiger partial charge is 0.465 e. The number of carbonyl (C=O) groups is 2. The SMILES string of the molecule is CN(C(=O)O)C1CCN(c2cc(C=O)nc(N)n2)C1. The van der Waals surface area contributed by atoms with Crippen LogP contribution in [0.4, 0.5) is 16.6 Å². The van der Waals surface area contributed by atoms with Crippen molar-refractivity contribution in [1.82, 2.24) is 14.9 Å². The minimum atomic E-state index is -0.956. The molecule has 1 aromatic rings. The van der Waals surface area contributed by atoms with Crippen LogP contribution in [0.1, 0.15) is 16.9 Å². The van der Waals surface area contributed by atoms with Gasteiger partial charge in [-0.15, -0.1) is 0 Å². The maximum Gasteiger partial charge on any atom is 0.407 e. The summed E-state index contributed by atoms with van der Waals surface area (Å²) in [6, 6.07) is 1.46. The van der Waals surface area contributed by atoms with Gasteiger partial charge in [0.1, 0.15) is 11.5 Å². The molecule has 2 heterocycles. The lowest BCUT2D eigenvalue weighted by molar-refractivity contribution is 0.111. The number of rotatable bonds is 3. The van der Waals surface area contributed by atoms with Gasteiger partial charge in [-0.3, -0.25) is 4.79 Å². The first-order valence-corrected chi connectivity index (χ1v) is 5.81. The predicted octanol–water partition coefficient (Wildman–Crippen LogP) is 0.0598. The summed E-state index contributed by atoms with van der Waals surface area (Å²) in [6.07, 6.45) is 0.365. The number of amides is 1. The molecule has 1 aromatic heterocycles. The zero-order valence-electron chi connectivity index (χ0n) is 10.5. The van der Waals surface area contributed by atoms with Gasteiger partial charge < -0.3 is 20.6 Å². The molecule has 0 aliphatic carbocycles. The van der Waals surface area contributed by atoms with E-state index in [9.17, 15) is 9.59 Å². The van der Waals surface area contributed by atoms with Crippen molar-refractivity contribution < 1.29 is 14.7 Å². The zero-order valence-corrected chi connectivity index (χ0v) is 10.5. The second-order valence-corrected chi connectivity index (χ2v) is 4.41. The first kappa shape index (κ1) is 13.1. The Bertz CT molecular complexity index is 507. The van der Waals surface area contributed by atoms with Crippen LogP contribution < -0.4 is 10.6 Å². The standard InChI is InChI=1S/C11H15N5O3/c1-15(11(18)19)8-2-3-16(5-8)9-4-7(6-17)13-10(12)14-9/h4,6,8H,2-3,5H2,1H3,(H,18,19)(H2,12,13,14). The first-order chi connectivity index (χ1) is 9.01. The van der Waals surface area contributed by atoms with Crippen LogP contribution in [-0.4, -0.2) is 58.5 Å². The number of nitrogen functional groups attached to an aromatic ring is 1. The average Bonchev–Trinajstić information content (AvgIpc) is 2.86. The van der Waals surface area contributed by atoms with Crippen molar-refractivity contribution in [2.24, 2.45) is 0 Å². The lowest BCUT2D eigenvalue weighted by Crippen LogP contribution is -2.38. The van der Waals surface area contributed by atoms with E-state index in [1.54, 1.807) is 13.1 Å². The van der Waals surface area contributed by atoms with Crippen LogP contribution in [-0.2, 0) is 0 Å². The van der Waals surface area contributed by atoms with Crippen molar-refractivity contribution in [3.63, 3.8) is 0 Å². The fourth-order valence-electron chi connectivity index (χ4n) is 2.12. The Balaban J connectivity index is 2.14. The number of carboxylic acid groups (broad SMARTS) is 1. The molecule has 1 unspecified atom stereocenters. The molecule has 102 valence electrons. The zero-order chi connectivity index (χ0) is 14.0. The number of nitrogens with two attached hydrogens (primary N) is 1. The summed E-state index contributed by atoms with van der Waals surface area (Å²) in [5, 5.41) is 8.94. The second kappa shape index (κ2) is 5.09. The van der Waals surface area contributed by atoms with Crippen molar-refractivity contribution in [2.45, 2.75) is 12.5 Å². The van der Waals surface area contributed by atoms with E-state index in [4.69, 9.17) is 10.8 Å². The van der Waals surface area contributed by atoms with Crippen LogP contribution in [0.25, 0.3) is 0 Å². The number of likely N-dealkylation sites (N-methyl/N-ethyl adjacent to an activating group) is 1. The molecule has 2 rings (SSSR count). The average molecular weight is 265 g/mol. The maximum atomic E-state index is 10.9. The van der Waals surface area contributed by atoms with Crippen LogP contribution in [0, 0.1) is 0 Å². The minimum Gasteiger partial charge on any atom is -0.465 e. The normalized spacial score (nSPS) is 18.4. The van der Waals surface area contributed by atoms with E-state index in [1.807, 2.05) is 4.90 Å². The van der Waals surface area contributed by atoms with Gasteiger partial charge in [-0.2, -0.15) is 4.98 Å². The highest BCUT2D eigenvalue weighted by Gasteiger charge is 2.29. The fourth-order valence-corrected chi connectivity index (χ4v) is 2.12. The molecule has 8 nitrogen and oxygen atoms in total. The second-order valence-electron chi connectivity index (χ2n) is 4.41. The topological polar surface area (TPSA) is 113 Å². The molecule has 1 saturated heterocycles. The van der Waals surface area contributed by atoms with Crippen LogP contribution in [0.2, 0.25) is 0 Å². The smallest absolute Gasteiger partial charge is 0.407 e.